The summed E-state index contributed by atoms with van der Waals surface area (Å²) in [5, 5.41) is 13.3. The Bertz CT molecular complexity index is 868. The third kappa shape index (κ3) is 4.35. The molecule has 1 saturated heterocycles. The number of carbonyl (C=O) groups excluding carboxylic acids is 2. The third-order valence-corrected chi connectivity index (χ3v) is 5.43. The number of nitrogens with one attached hydrogen (secondary N) is 1. The van der Waals surface area contributed by atoms with Crippen molar-refractivity contribution in [3.63, 3.8) is 0 Å². The zero-order valence-corrected chi connectivity index (χ0v) is 16.7. The first-order valence-electron chi connectivity index (χ1n) is 9.85. The summed E-state index contributed by atoms with van der Waals surface area (Å²) in [5.41, 5.74) is 2.99. The van der Waals surface area contributed by atoms with Crippen molar-refractivity contribution in [1.82, 2.24) is 10.2 Å². The van der Waals surface area contributed by atoms with Gasteiger partial charge in [-0.2, -0.15) is 0 Å². The lowest BCUT2D eigenvalue weighted by Gasteiger charge is -2.32. The van der Waals surface area contributed by atoms with E-state index in [-0.39, 0.29) is 23.6 Å². The second kappa shape index (κ2) is 8.46. The minimum absolute atomic E-state index is 0.0335. The summed E-state index contributed by atoms with van der Waals surface area (Å²) in [7, 11) is 0. The molecular formula is C23H28N2O3. The molecule has 0 atom stereocenters. The molecule has 2 N–H and O–H groups in total. The van der Waals surface area contributed by atoms with Crippen molar-refractivity contribution < 1.29 is 14.7 Å². The predicted molar refractivity (Wildman–Crippen MR) is 110 cm³/mol. The van der Waals surface area contributed by atoms with Gasteiger partial charge < -0.3 is 15.3 Å². The Labute approximate surface area is 166 Å². The molecule has 1 aliphatic heterocycles. The van der Waals surface area contributed by atoms with E-state index < -0.39 is 0 Å². The molecule has 5 heteroatoms. The number of phenolic OH excluding ortho intramolecular Hbond substituents is 1. The van der Waals surface area contributed by atoms with Crippen LogP contribution in [0.4, 0.5) is 0 Å². The molecule has 5 nitrogen and oxygen atoms in total. The number of benzene rings is 2. The van der Waals surface area contributed by atoms with E-state index in [4.69, 9.17) is 0 Å². The molecule has 0 spiro atoms. The van der Waals surface area contributed by atoms with Gasteiger partial charge in [0, 0.05) is 24.7 Å². The number of aromatic hydroxyl groups is 1. The predicted octanol–water partition coefficient (Wildman–Crippen LogP) is 3.86. The van der Waals surface area contributed by atoms with Crippen molar-refractivity contribution in [2.24, 2.45) is 0 Å². The monoisotopic (exact) mass is 380 g/mol. The lowest BCUT2D eigenvalue weighted by atomic mass is 9.99. The van der Waals surface area contributed by atoms with Crippen molar-refractivity contribution in [3.8, 4) is 5.75 Å². The highest BCUT2D eigenvalue weighted by atomic mass is 16.3. The topological polar surface area (TPSA) is 69.6 Å². The fourth-order valence-corrected chi connectivity index (χ4v) is 3.58. The Hall–Kier alpha value is -2.82. The SMILES string of the molecule is Cc1ccccc1C(=O)NC1CCN(C(=O)c2ccc(C(C)C)cc2O)CC1. The average Bonchev–Trinajstić information content (AvgIpc) is 2.68. The van der Waals surface area contributed by atoms with Crippen molar-refractivity contribution in [2.45, 2.75) is 45.6 Å². The molecule has 3 rings (SSSR count). The van der Waals surface area contributed by atoms with Crippen molar-refractivity contribution in [2.75, 3.05) is 13.1 Å². The van der Waals surface area contributed by atoms with Crippen molar-refractivity contribution in [1.29, 1.82) is 0 Å². The van der Waals surface area contributed by atoms with Crippen molar-refractivity contribution in [3.05, 3.63) is 64.7 Å². The number of phenols is 1. The Morgan fingerprint density at radius 2 is 1.75 bits per heavy atom. The van der Waals surface area contributed by atoms with Gasteiger partial charge in [0.15, 0.2) is 0 Å². The molecule has 0 unspecified atom stereocenters. The van der Waals surface area contributed by atoms with Crippen LogP contribution in [0.3, 0.4) is 0 Å². The average molecular weight is 380 g/mol. The molecule has 0 bridgehead atoms. The van der Waals surface area contributed by atoms with Crippen molar-refractivity contribution >= 4 is 11.8 Å². The number of carbonyl (C=O) groups is 2. The highest BCUT2D eigenvalue weighted by molar-refractivity contribution is 5.97. The van der Waals surface area contributed by atoms with Crippen LogP contribution in [0.2, 0.25) is 0 Å². The molecule has 1 aliphatic rings. The largest absolute Gasteiger partial charge is 0.507 e. The van der Waals surface area contributed by atoms with E-state index in [1.165, 1.54) is 0 Å². The minimum atomic E-state index is -0.156. The number of aryl methyl sites for hydroxylation is 1. The van der Waals surface area contributed by atoms with E-state index >= 15 is 0 Å². The molecule has 28 heavy (non-hydrogen) atoms. The van der Waals surface area contributed by atoms with E-state index in [0.717, 1.165) is 11.1 Å². The van der Waals surface area contributed by atoms with Crippen LogP contribution < -0.4 is 5.32 Å². The molecule has 0 saturated carbocycles. The molecule has 0 radical (unpaired) electrons. The lowest BCUT2D eigenvalue weighted by Crippen LogP contribution is -2.46. The second-order valence-corrected chi connectivity index (χ2v) is 7.79. The molecule has 1 heterocycles. The molecule has 148 valence electrons. The number of likely N-dealkylation sites (tertiary alicyclic amines) is 1. The minimum Gasteiger partial charge on any atom is -0.507 e. The van der Waals surface area contributed by atoms with Crippen LogP contribution in [-0.4, -0.2) is 41.0 Å². The fourth-order valence-electron chi connectivity index (χ4n) is 3.58. The van der Waals surface area contributed by atoms with E-state index in [9.17, 15) is 14.7 Å². The van der Waals surface area contributed by atoms with E-state index in [1.807, 2.05) is 51.1 Å². The van der Waals surface area contributed by atoms with Gasteiger partial charge in [-0.05, 0) is 55.0 Å². The smallest absolute Gasteiger partial charge is 0.257 e. The summed E-state index contributed by atoms with van der Waals surface area (Å²) in [4.78, 5) is 27.0. The highest BCUT2D eigenvalue weighted by Crippen LogP contribution is 2.26. The summed E-state index contributed by atoms with van der Waals surface area (Å²) in [6.45, 7) is 7.14. The van der Waals surface area contributed by atoms with E-state index in [0.29, 0.717) is 43.0 Å². The van der Waals surface area contributed by atoms with Gasteiger partial charge in [0.2, 0.25) is 0 Å². The van der Waals surface area contributed by atoms with Gasteiger partial charge in [-0.25, -0.2) is 0 Å². The zero-order chi connectivity index (χ0) is 20.3. The molecule has 0 aromatic heterocycles. The summed E-state index contributed by atoms with van der Waals surface area (Å²) in [6, 6.07) is 12.9. The Kier molecular flexibility index (Phi) is 6.02. The van der Waals surface area contributed by atoms with Crippen LogP contribution >= 0.6 is 0 Å². The molecule has 0 aliphatic carbocycles. The Morgan fingerprint density at radius 3 is 2.36 bits per heavy atom. The molecule has 2 amide bonds. The van der Waals surface area contributed by atoms with E-state index in [1.54, 1.807) is 17.0 Å². The molecular weight excluding hydrogens is 352 g/mol. The number of hydrogen-bond acceptors (Lipinski definition) is 3. The summed E-state index contributed by atoms with van der Waals surface area (Å²) < 4.78 is 0. The zero-order valence-electron chi connectivity index (χ0n) is 16.7. The van der Waals surface area contributed by atoms with Gasteiger partial charge in [0.05, 0.1) is 5.56 Å². The maximum atomic E-state index is 12.8. The molecule has 2 aromatic rings. The normalized spacial score (nSPS) is 14.9. The number of piperidine rings is 1. The second-order valence-electron chi connectivity index (χ2n) is 7.79. The number of amides is 2. The van der Waals surface area contributed by atoms with Crippen LogP contribution in [-0.2, 0) is 0 Å². The number of rotatable bonds is 4. The number of nitrogens with zero attached hydrogens (tertiary/aromatic N) is 1. The van der Waals surface area contributed by atoms with Crippen LogP contribution in [0.15, 0.2) is 42.5 Å². The summed E-state index contributed by atoms with van der Waals surface area (Å²) in [5.74, 6) is 0.107. The molecule has 2 aromatic carbocycles. The molecule has 1 fully saturated rings. The van der Waals surface area contributed by atoms with Gasteiger partial charge in [-0.3, -0.25) is 9.59 Å². The van der Waals surface area contributed by atoms with Crippen LogP contribution in [0.25, 0.3) is 0 Å². The van der Waals surface area contributed by atoms with Gasteiger partial charge in [0.1, 0.15) is 5.75 Å². The van der Waals surface area contributed by atoms with Gasteiger partial charge >= 0.3 is 0 Å². The van der Waals surface area contributed by atoms with Gasteiger partial charge in [-0.1, -0.05) is 38.1 Å². The summed E-state index contributed by atoms with van der Waals surface area (Å²) >= 11 is 0. The first-order valence-corrected chi connectivity index (χ1v) is 9.85. The van der Waals surface area contributed by atoms with Crippen LogP contribution in [0.5, 0.6) is 5.75 Å². The Balaban J connectivity index is 1.59. The first kappa shape index (κ1) is 19.9. The maximum absolute atomic E-state index is 12.8. The highest BCUT2D eigenvalue weighted by Gasteiger charge is 2.26. The van der Waals surface area contributed by atoms with E-state index in [2.05, 4.69) is 5.32 Å². The summed E-state index contributed by atoms with van der Waals surface area (Å²) in [6.07, 6.45) is 1.41. The first-order chi connectivity index (χ1) is 13.4. The van der Waals surface area contributed by atoms with Gasteiger partial charge in [-0.15, -0.1) is 0 Å². The van der Waals surface area contributed by atoms with Crippen LogP contribution in [0, 0.1) is 6.92 Å². The quantitative estimate of drug-likeness (QED) is 0.846. The van der Waals surface area contributed by atoms with Gasteiger partial charge in [0.25, 0.3) is 11.8 Å². The lowest BCUT2D eigenvalue weighted by molar-refractivity contribution is 0.0695. The van der Waals surface area contributed by atoms with Crippen LogP contribution in [0.1, 0.15) is 64.4 Å². The maximum Gasteiger partial charge on any atom is 0.257 e. The fraction of sp³-hybridized carbons (Fsp3) is 0.391. The standard InChI is InChI=1S/C23H28N2O3/c1-15(2)17-8-9-20(21(26)14-17)23(28)25-12-10-18(11-13-25)24-22(27)19-7-5-4-6-16(19)3/h4-9,14-15,18,26H,10-13H2,1-3H3,(H,24,27). The Morgan fingerprint density at radius 1 is 1.07 bits per heavy atom. The third-order valence-electron chi connectivity index (χ3n) is 5.43. The number of hydrogen-bond donors (Lipinski definition) is 2.